The fourth-order valence-electron chi connectivity index (χ4n) is 1.44. The van der Waals surface area contributed by atoms with Crippen molar-refractivity contribution in [2.75, 3.05) is 12.3 Å². The molecule has 0 fully saturated rings. The first kappa shape index (κ1) is 16.4. The van der Waals surface area contributed by atoms with Gasteiger partial charge in [0.1, 0.15) is 0 Å². The Kier molecular flexibility index (Phi) is 5.90. The Morgan fingerprint density at radius 3 is 2.80 bits per heavy atom. The van der Waals surface area contributed by atoms with Crippen molar-refractivity contribution >= 4 is 21.6 Å². The zero-order valence-corrected chi connectivity index (χ0v) is 12.4. The molecule has 0 aliphatic rings. The van der Waals surface area contributed by atoms with Crippen molar-refractivity contribution in [1.29, 1.82) is 0 Å². The van der Waals surface area contributed by atoms with Crippen molar-refractivity contribution in [3.05, 3.63) is 18.3 Å². The summed E-state index contributed by atoms with van der Waals surface area (Å²) in [4.78, 5) is 15.2. The van der Waals surface area contributed by atoms with E-state index in [9.17, 15) is 13.2 Å². The van der Waals surface area contributed by atoms with Gasteiger partial charge in [-0.15, -0.1) is 0 Å². The van der Waals surface area contributed by atoms with E-state index >= 15 is 0 Å². The lowest BCUT2D eigenvalue weighted by atomic mass is 10.2. The number of hydrogen-bond acceptors (Lipinski definition) is 5. The molecule has 0 aromatic carbocycles. The van der Waals surface area contributed by atoms with E-state index in [4.69, 9.17) is 5.73 Å². The van der Waals surface area contributed by atoms with Crippen LogP contribution in [0.1, 0.15) is 26.7 Å². The average molecular weight is 300 g/mol. The van der Waals surface area contributed by atoms with Gasteiger partial charge in [-0.3, -0.25) is 4.79 Å². The Bertz CT molecular complexity index is 560. The molecule has 4 N–H and O–H groups in total. The largest absolute Gasteiger partial charge is 0.396 e. The van der Waals surface area contributed by atoms with E-state index in [1.807, 2.05) is 13.8 Å². The van der Waals surface area contributed by atoms with Crippen molar-refractivity contribution in [1.82, 2.24) is 15.0 Å². The van der Waals surface area contributed by atoms with Crippen LogP contribution in [-0.2, 0) is 14.8 Å². The van der Waals surface area contributed by atoms with Crippen LogP contribution >= 0.6 is 0 Å². The Morgan fingerprint density at radius 2 is 2.20 bits per heavy atom. The summed E-state index contributed by atoms with van der Waals surface area (Å²) in [5.41, 5.74) is 5.63. The van der Waals surface area contributed by atoms with Gasteiger partial charge in [0.05, 0.1) is 5.69 Å². The molecular weight excluding hydrogens is 280 g/mol. The highest BCUT2D eigenvalue weighted by molar-refractivity contribution is 7.89. The fourth-order valence-corrected chi connectivity index (χ4v) is 2.53. The highest BCUT2D eigenvalue weighted by Crippen LogP contribution is 2.13. The number of hydrogen-bond donors (Lipinski definition) is 3. The van der Waals surface area contributed by atoms with Crippen molar-refractivity contribution in [3.63, 3.8) is 0 Å². The Hall–Kier alpha value is -1.67. The van der Waals surface area contributed by atoms with Gasteiger partial charge in [-0.05, 0) is 25.5 Å². The van der Waals surface area contributed by atoms with E-state index < -0.39 is 10.0 Å². The van der Waals surface area contributed by atoms with Gasteiger partial charge in [-0.25, -0.2) is 18.1 Å². The zero-order chi connectivity index (χ0) is 15.2. The predicted octanol–water partition coefficient (Wildman–Crippen LogP) is 0.247. The molecule has 7 nitrogen and oxygen atoms in total. The van der Waals surface area contributed by atoms with Crippen molar-refractivity contribution in [3.8, 4) is 0 Å². The standard InChI is InChI=1S/C12H20N4O3S/c1-3-9(2)16-11(17)6-8-15-20(18,19)12-10(13)5-4-7-14-12/h4-5,7,9,15H,3,6,8,13H2,1-2H3,(H,16,17). The minimum Gasteiger partial charge on any atom is -0.396 e. The molecule has 0 bridgehead atoms. The van der Waals surface area contributed by atoms with Gasteiger partial charge >= 0.3 is 0 Å². The van der Waals surface area contributed by atoms with Crippen LogP contribution in [0.5, 0.6) is 0 Å². The Morgan fingerprint density at radius 1 is 1.50 bits per heavy atom. The minimum atomic E-state index is -3.79. The number of carbonyl (C=O) groups excluding carboxylic acids is 1. The fraction of sp³-hybridized carbons (Fsp3) is 0.500. The lowest BCUT2D eigenvalue weighted by Gasteiger charge is -2.11. The third kappa shape index (κ3) is 4.78. The average Bonchev–Trinajstić information content (AvgIpc) is 2.38. The van der Waals surface area contributed by atoms with E-state index in [0.29, 0.717) is 0 Å². The van der Waals surface area contributed by atoms with Crippen LogP contribution in [0, 0.1) is 0 Å². The summed E-state index contributed by atoms with van der Waals surface area (Å²) in [5, 5.41) is 2.53. The van der Waals surface area contributed by atoms with Crippen LogP contribution in [0.3, 0.4) is 0 Å². The Labute approximate surface area is 119 Å². The van der Waals surface area contributed by atoms with E-state index in [-0.39, 0.29) is 35.6 Å². The molecule has 1 amide bonds. The van der Waals surface area contributed by atoms with Gasteiger partial charge in [-0.2, -0.15) is 0 Å². The molecule has 1 aromatic rings. The van der Waals surface area contributed by atoms with Gasteiger partial charge in [0, 0.05) is 25.2 Å². The van der Waals surface area contributed by atoms with Gasteiger partial charge in [-0.1, -0.05) is 6.92 Å². The first-order chi connectivity index (χ1) is 9.36. The molecule has 0 saturated heterocycles. The van der Waals surface area contributed by atoms with Gasteiger partial charge in [0.15, 0.2) is 5.03 Å². The first-order valence-corrected chi connectivity index (χ1v) is 7.84. The number of nitrogens with two attached hydrogens (primary N) is 1. The summed E-state index contributed by atoms with van der Waals surface area (Å²) in [7, 11) is -3.79. The molecule has 20 heavy (non-hydrogen) atoms. The molecule has 8 heteroatoms. The van der Waals surface area contributed by atoms with E-state index in [1.165, 1.54) is 12.3 Å². The second-order valence-electron chi connectivity index (χ2n) is 4.42. The number of carbonyl (C=O) groups is 1. The highest BCUT2D eigenvalue weighted by atomic mass is 32.2. The number of pyridine rings is 1. The van der Waals surface area contributed by atoms with Crippen LogP contribution in [0.2, 0.25) is 0 Å². The van der Waals surface area contributed by atoms with E-state index in [2.05, 4.69) is 15.0 Å². The maximum absolute atomic E-state index is 11.9. The summed E-state index contributed by atoms with van der Waals surface area (Å²) in [6, 6.07) is 3.08. The molecule has 1 heterocycles. The third-order valence-corrected chi connectivity index (χ3v) is 4.15. The molecule has 0 saturated carbocycles. The van der Waals surface area contributed by atoms with Gasteiger partial charge < -0.3 is 11.1 Å². The predicted molar refractivity (Wildman–Crippen MR) is 76.4 cm³/mol. The van der Waals surface area contributed by atoms with Crippen molar-refractivity contribution in [2.24, 2.45) is 0 Å². The minimum absolute atomic E-state index is 0.000610. The number of rotatable bonds is 7. The van der Waals surface area contributed by atoms with Crippen molar-refractivity contribution < 1.29 is 13.2 Å². The molecule has 0 radical (unpaired) electrons. The first-order valence-electron chi connectivity index (χ1n) is 6.36. The number of nitrogens with zero attached hydrogens (tertiary/aromatic N) is 1. The van der Waals surface area contributed by atoms with Crippen LogP contribution < -0.4 is 15.8 Å². The summed E-state index contributed by atoms with van der Waals surface area (Å²) >= 11 is 0. The van der Waals surface area contributed by atoms with Gasteiger partial charge in [0.25, 0.3) is 10.0 Å². The Balaban J connectivity index is 2.53. The van der Waals surface area contributed by atoms with Crippen molar-refractivity contribution in [2.45, 2.75) is 37.8 Å². The van der Waals surface area contributed by atoms with Crippen LogP contribution in [-0.4, -0.2) is 31.9 Å². The number of aromatic nitrogens is 1. The van der Waals surface area contributed by atoms with E-state index in [0.717, 1.165) is 6.42 Å². The smallest absolute Gasteiger partial charge is 0.260 e. The number of nitrogens with one attached hydrogen (secondary N) is 2. The number of sulfonamides is 1. The lowest BCUT2D eigenvalue weighted by Crippen LogP contribution is -2.35. The maximum atomic E-state index is 11.9. The van der Waals surface area contributed by atoms with Gasteiger partial charge in [0.2, 0.25) is 5.91 Å². The summed E-state index contributed by atoms with van der Waals surface area (Å²) < 4.78 is 26.2. The molecule has 1 rings (SSSR count). The summed E-state index contributed by atoms with van der Waals surface area (Å²) in [5.74, 6) is -0.198. The topological polar surface area (TPSA) is 114 Å². The molecule has 112 valence electrons. The number of anilines is 1. The monoisotopic (exact) mass is 300 g/mol. The quantitative estimate of drug-likeness (QED) is 0.667. The molecule has 0 spiro atoms. The molecule has 1 unspecified atom stereocenters. The lowest BCUT2D eigenvalue weighted by molar-refractivity contribution is -0.121. The van der Waals surface area contributed by atoms with Crippen LogP contribution in [0.25, 0.3) is 0 Å². The molecule has 1 aromatic heterocycles. The van der Waals surface area contributed by atoms with E-state index in [1.54, 1.807) is 6.07 Å². The van der Waals surface area contributed by atoms with Crippen LogP contribution in [0.15, 0.2) is 23.4 Å². The molecule has 0 aliphatic carbocycles. The second kappa shape index (κ2) is 7.20. The number of amides is 1. The zero-order valence-electron chi connectivity index (χ0n) is 11.6. The summed E-state index contributed by atoms with van der Waals surface area (Å²) in [6.45, 7) is 3.84. The summed E-state index contributed by atoms with van der Waals surface area (Å²) in [6.07, 6.45) is 2.23. The molecule has 1 atom stereocenters. The highest BCUT2D eigenvalue weighted by Gasteiger charge is 2.18. The SMILES string of the molecule is CCC(C)NC(=O)CCNS(=O)(=O)c1ncccc1N. The second-order valence-corrected chi connectivity index (χ2v) is 6.10. The third-order valence-electron chi connectivity index (χ3n) is 2.72. The number of nitrogen functional groups attached to an aromatic ring is 1. The molecular formula is C12H20N4O3S. The molecule has 0 aliphatic heterocycles. The maximum Gasteiger partial charge on any atom is 0.260 e. The van der Waals surface area contributed by atoms with Crippen LogP contribution in [0.4, 0.5) is 5.69 Å². The normalized spacial score (nSPS) is 12.9.